The second kappa shape index (κ2) is 5.04. The normalized spacial score (nSPS) is 26.7. The largest absolute Gasteiger partial charge is 0.394 e. The van der Waals surface area contributed by atoms with Crippen LogP contribution in [0.3, 0.4) is 0 Å². The van der Waals surface area contributed by atoms with Crippen molar-refractivity contribution in [1.82, 2.24) is 20.0 Å². The van der Waals surface area contributed by atoms with Crippen molar-refractivity contribution < 1.29 is 14.9 Å². The van der Waals surface area contributed by atoms with Gasteiger partial charge in [-0.3, -0.25) is 4.98 Å². The average Bonchev–Trinajstić information content (AvgIpc) is 3.06. The van der Waals surface area contributed by atoms with Crippen LogP contribution in [0.1, 0.15) is 12.6 Å². The molecule has 2 aromatic heterocycles. The Morgan fingerprint density at radius 2 is 2.26 bits per heavy atom. The van der Waals surface area contributed by atoms with Crippen LogP contribution in [0.15, 0.2) is 30.6 Å². The van der Waals surface area contributed by atoms with Crippen LogP contribution < -0.4 is 0 Å². The van der Waals surface area contributed by atoms with Crippen molar-refractivity contribution >= 4 is 0 Å². The first kappa shape index (κ1) is 12.2. The van der Waals surface area contributed by atoms with E-state index in [9.17, 15) is 5.11 Å². The monoisotopic (exact) mass is 262 g/mol. The molecule has 3 atom stereocenters. The molecule has 1 aliphatic rings. The molecule has 3 heterocycles. The number of hydrogen-bond donors (Lipinski definition) is 2. The summed E-state index contributed by atoms with van der Waals surface area (Å²) >= 11 is 0. The third-order valence-electron chi connectivity index (χ3n) is 3.12. The molecular weight excluding hydrogens is 248 g/mol. The molecule has 0 saturated carbocycles. The van der Waals surface area contributed by atoms with Gasteiger partial charge in [-0.2, -0.15) is 0 Å². The van der Waals surface area contributed by atoms with Crippen molar-refractivity contribution in [1.29, 1.82) is 0 Å². The maximum absolute atomic E-state index is 9.69. The highest BCUT2D eigenvalue weighted by Gasteiger charge is 2.35. The summed E-state index contributed by atoms with van der Waals surface area (Å²) in [5.41, 5.74) is 1.37. The Balaban J connectivity index is 1.79. The van der Waals surface area contributed by atoms with Gasteiger partial charge < -0.3 is 14.9 Å². The molecular formula is C12H14N4O3. The van der Waals surface area contributed by atoms with Gasteiger partial charge in [0.1, 0.15) is 11.8 Å². The standard InChI is InChI=1S/C12H14N4O3/c17-7-11-10(18)5-12(19-11)16-6-9(14-15-16)8-3-1-2-4-13-8/h1-4,6,10-12,17-18H,5,7H2/t10-,11+,12+/m0/s1. The van der Waals surface area contributed by atoms with Gasteiger partial charge in [0.15, 0.2) is 6.23 Å². The molecule has 3 rings (SSSR count). The number of nitrogens with zero attached hydrogens (tertiary/aromatic N) is 4. The van der Waals surface area contributed by atoms with Crippen LogP contribution in [-0.2, 0) is 4.74 Å². The van der Waals surface area contributed by atoms with Gasteiger partial charge in [0.2, 0.25) is 0 Å². The summed E-state index contributed by atoms with van der Waals surface area (Å²) in [5.74, 6) is 0. The molecule has 0 unspecified atom stereocenters. The molecule has 7 heteroatoms. The topological polar surface area (TPSA) is 93.3 Å². The average molecular weight is 262 g/mol. The van der Waals surface area contributed by atoms with E-state index in [0.29, 0.717) is 12.1 Å². The third kappa shape index (κ3) is 2.35. The van der Waals surface area contributed by atoms with Gasteiger partial charge in [0.25, 0.3) is 0 Å². The molecule has 1 fully saturated rings. The fraction of sp³-hybridized carbons (Fsp3) is 0.417. The molecule has 1 aliphatic heterocycles. The number of aromatic nitrogens is 4. The van der Waals surface area contributed by atoms with Crippen molar-refractivity contribution in [2.24, 2.45) is 0 Å². The van der Waals surface area contributed by atoms with Crippen molar-refractivity contribution in [3.8, 4) is 11.4 Å². The third-order valence-corrected chi connectivity index (χ3v) is 3.12. The van der Waals surface area contributed by atoms with Gasteiger partial charge in [-0.1, -0.05) is 11.3 Å². The van der Waals surface area contributed by atoms with Crippen molar-refractivity contribution in [3.05, 3.63) is 30.6 Å². The van der Waals surface area contributed by atoms with Crippen LogP contribution in [0, 0.1) is 0 Å². The molecule has 2 N–H and O–H groups in total. The molecule has 0 spiro atoms. The lowest BCUT2D eigenvalue weighted by atomic mass is 10.2. The number of aliphatic hydroxyl groups is 2. The summed E-state index contributed by atoms with van der Waals surface area (Å²) in [5, 5.41) is 26.7. The highest BCUT2D eigenvalue weighted by Crippen LogP contribution is 2.28. The molecule has 100 valence electrons. The van der Waals surface area contributed by atoms with Crippen LogP contribution in [0.4, 0.5) is 0 Å². The maximum Gasteiger partial charge on any atom is 0.155 e. The predicted octanol–water partition coefficient (Wildman–Crippen LogP) is -0.0192. The minimum atomic E-state index is -0.683. The maximum atomic E-state index is 9.69. The highest BCUT2D eigenvalue weighted by molar-refractivity contribution is 5.51. The van der Waals surface area contributed by atoms with E-state index >= 15 is 0 Å². The second-order valence-corrected chi connectivity index (χ2v) is 4.41. The molecule has 0 aromatic carbocycles. The molecule has 0 amide bonds. The van der Waals surface area contributed by atoms with Gasteiger partial charge in [-0.25, -0.2) is 4.68 Å². The van der Waals surface area contributed by atoms with Gasteiger partial charge in [-0.05, 0) is 12.1 Å². The fourth-order valence-corrected chi connectivity index (χ4v) is 2.09. The molecule has 2 aromatic rings. The number of hydrogen-bond acceptors (Lipinski definition) is 6. The van der Waals surface area contributed by atoms with E-state index in [2.05, 4.69) is 15.3 Å². The smallest absolute Gasteiger partial charge is 0.155 e. The Labute approximate surface area is 109 Å². The quantitative estimate of drug-likeness (QED) is 0.807. The van der Waals surface area contributed by atoms with Crippen LogP contribution in [0.25, 0.3) is 11.4 Å². The number of ether oxygens (including phenoxy) is 1. The highest BCUT2D eigenvalue weighted by atomic mass is 16.5. The molecule has 19 heavy (non-hydrogen) atoms. The molecule has 1 saturated heterocycles. The van der Waals surface area contributed by atoms with Crippen LogP contribution >= 0.6 is 0 Å². The van der Waals surface area contributed by atoms with Crippen molar-refractivity contribution in [2.45, 2.75) is 24.9 Å². The Morgan fingerprint density at radius 3 is 2.95 bits per heavy atom. The first-order chi connectivity index (χ1) is 9.28. The van der Waals surface area contributed by atoms with E-state index in [-0.39, 0.29) is 6.61 Å². The number of aliphatic hydroxyl groups excluding tert-OH is 2. The Bertz CT molecular complexity index is 545. The van der Waals surface area contributed by atoms with Gasteiger partial charge in [0.05, 0.1) is 24.6 Å². The van der Waals surface area contributed by atoms with Crippen LogP contribution in [0.2, 0.25) is 0 Å². The molecule has 0 bridgehead atoms. The minimum Gasteiger partial charge on any atom is -0.394 e. The summed E-state index contributed by atoms with van der Waals surface area (Å²) in [6.07, 6.45) is 2.14. The SMILES string of the molecule is OC[C@H]1O[C@@H](n2cc(-c3ccccn3)nn2)C[C@@H]1O. The van der Waals surface area contributed by atoms with E-state index in [0.717, 1.165) is 5.69 Å². The predicted molar refractivity (Wildman–Crippen MR) is 64.9 cm³/mol. The first-order valence-electron chi connectivity index (χ1n) is 6.05. The summed E-state index contributed by atoms with van der Waals surface area (Å²) in [4.78, 5) is 4.19. The van der Waals surface area contributed by atoms with Crippen molar-refractivity contribution in [2.75, 3.05) is 6.61 Å². The zero-order valence-corrected chi connectivity index (χ0v) is 10.1. The van der Waals surface area contributed by atoms with Crippen LogP contribution in [-0.4, -0.2) is 49.0 Å². The van der Waals surface area contributed by atoms with E-state index in [1.807, 2.05) is 18.2 Å². The van der Waals surface area contributed by atoms with Gasteiger partial charge >= 0.3 is 0 Å². The zero-order valence-electron chi connectivity index (χ0n) is 10.1. The minimum absolute atomic E-state index is 0.209. The fourth-order valence-electron chi connectivity index (χ4n) is 2.09. The summed E-state index contributed by atoms with van der Waals surface area (Å²) < 4.78 is 7.04. The second-order valence-electron chi connectivity index (χ2n) is 4.41. The Hall–Kier alpha value is -1.83. The lowest BCUT2D eigenvalue weighted by molar-refractivity contribution is -0.0489. The summed E-state index contributed by atoms with van der Waals surface area (Å²) in [7, 11) is 0. The zero-order chi connectivity index (χ0) is 13.2. The van der Waals surface area contributed by atoms with E-state index in [4.69, 9.17) is 9.84 Å². The summed E-state index contributed by atoms with van der Waals surface area (Å²) in [6, 6.07) is 5.55. The Kier molecular flexibility index (Phi) is 3.24. The Morgan fingerprint density at radius 1 is 1.37 bits per heavy atom. The van der Waals surface area contributed by atoms with Gasteiger partial charge in [0, 0.05) is 12.6 Å². The number of pyridine rings is 1. The lowest BCUT2D eigenvalue weighted by Crippen LogP contribution is -2.24. The molecule has 7 nitrogen and oxygen atoms in total. The molecule has 0 aliphatic carbocycles. The number of rotatable bonds is 3. The van der Waals surface area contributed by atoms with Crippen LogP contribution in [0.5, 0.6) is 0 Å². The molecule has 0 radical (unpaired) electrons. The van der Waals surface area contributed by atoms with E-state index < -0.39 is 18.4 Å². The first-order valence-corrected chi connectivity index (χ1v) is 6.05. The lowest BCUT2D eigenvalue weighted by Gasteiger charge is -2.11. The van der Waals surface area contributed by atoms with E-state index in [1.54, 1.807) is 17.1 Å². The van der Waals surface area contributed by atoms with E-state index in [1.165, 1.54) is 0 Å². The van der Waals surface area contributed by atoms with Gasteiger partial charge in [-0.15, -0.1) is 5.10 Å². The van der Waals surface area contributed by atoms with Crippen molar-refractivity contribution in [3.63, 3.8) is 0 Å². The summed E-state index contributed by atoms with van der Waals surface area (Å²) in [6.45, 7) is -0.209.